The number of anilines is 2. The molecule has 4 nitrogen and oxygen atoms in total. The van der Waals surface area contributed by atoms with Gasteiger partial charge in [-0.15, -0.1) is 0 Å². The van der Waals surface area contributed by atoms with Gasteiger partial charge in [-0.05, 0) is 24.7 Å². The molecule has 0 aliphatic carbocycles. The maximum absolute atomic E-state index is 5.63. The third-order valence-electron chi connectivity index (χ3n) is 2.89. The van der Waals surface area contributed by atoms with Gasteiger partial charge in [0.15, 0.2) is 0 Å². The first-order valence-electron chi connectivity index (χ1n) is 6.81. The van der Waals surface area contributed by atoms with Gasteiger partial charge in [-0.1, -0.05) is 27.7 Å². The Labute approximate surface area is 111 Å². The Morgan fingerprint density at radius 1 is 1.00 bits per heavy atom. The molecule has 0 fully saturated rings. The molecule has 0 saturated carbocycles. The number of nitrogens with two attached hydrogens (primary N) is 1. The molecule has 18 heavy (non-hydrogen) atoms. The van der Waals surface area contributed by atoms with E-state index in [1.54, 1.807) is 12.4 Å². The maximum Gasteiger partial charge on any atom is 0.225 e. The lowest BCUT2D eigenvalue weighted by Crippen LogP contribution is -2.29. The molecule has 0 atom stereocenters. The molecule has 0 aromatic carbocycles. The second kappa shape index (κ2) is 7.19. The van der Waals surface area contributed by atoms with Crippen LogP contribution in [0.4, 0.5) is 11.6 Å². The average Bonchev–Trinajstić information content (AvgIpc) is 2.30. The second-order valence-corrected chi connectivity index (χ2v) is 5.67. The highest BCUT2D eigenvalue weighted by Gasteiger charge is 2.10. The van der Waals surface area contributed by atoms with E-state index in [4.69, 9.17) is 5.73 Å². The summed E-state index contributed by atoms with van der Waals surface area (Å²) >= 11 is 0. The summed E-state index contributed by atoms with van der Waals surface area (Å²) in [5.74, 6) is 2.19. The van der Waals surface area contributed by atoms with Crippen molar-refractivity contribution in [1.82, 2.24) is 9.97 Å². The van der Waals surface area contributed by atoms with Crippen molar-refractivity contribution in [3.8, 4) is 0 Å². The highest BCUT2D eigenvalue weighted by molar-refractivity contribution is 5.37. The van der Waals surface area contributed by atoms with Gasteiger partial charge in [-0.2, -0.15) is 0 Å². The molecule has 1 aromatic heterocycles. The minimum absolute atomic E-state index is 0.617. The van der Waals surface area contributed by atoms with Crippen LogP contribution in [0.1, 0.15) is 40.5 Å². The van der Waals surface area contributed by atoms with Crippen LogP contribution in [0.5, 0.6) is 0 Å². The largest absolute Gasteiger partial charge is 0.396 e. The number of rotatable bonds is 7. The summed E-state index contributed by atoms with van der Waals surface area (Å²) in [6.07, 6.45) is 5.68. The zero-order valence-electron chi connectivity index (χ0n) is 12.1. The molecule has 0 amide bonds. The molecule has 102 valence electrons. The molecule has 0 radical (unpaired) electrons. The van der Waals surface area contributed by atoms with E-state index in [1.807, 2.05) is 0 Å². The first kappa shape index (κ1) is 14.7. The predicted molar refractivity (Wildman–Crippen MR) is 77.6 cm³/mol. The lowest BCUT2D eigenvalue weighted by atomic mass is 10.1. The van der Waals surface area contributed by atoms with Crippen molar-refractivity contribution < 1.29 is 0 Å². The minimum Gasteiger partial charge on any atom is -0.396 e. The highest BCUT2D eigenvalue weighted by atomic mass is 15.2. The number of nitrogens with zero attached hydrogens (tertiary/aromatic N) is 3. The summed E-state index contributed by atoms with van der Waals surface area (Å²) in [5, 5.41) is 0. The Balaban J connectivity index is 2.66. The van der Waals surface area contributed by atoms with Crippen LogP contribution in [0.15, 0.2) is 12.4 Å². The Morgan fingerprint density at radius 3 is 1.83 bits per heavy atom. The van der Waals surface area contributed by atoms with E-state index in [9.17, 15) is 0 Å². The third-order valence-corrected chi connectivity index (χ3v) is 2.89. The van der Waals surface area contributed by atoms with Crippen molar-refractivity contribution in [2.75, 3.05) is 23.7 Å². The van der Waals surface area contributed by atoms with E-state index in [-0.39, 0.29) is 0 Å². The number of nitrogen functional groups attached to an aromatic ring is 1. The summed E-state index contributed by atoms with van der Waals surface area (Å²) in [7, 11) is 0. The van der Waals surface area contributed by atoms with Gasteiger partial charge in [0.25, 0.3) is 0 Å². The van der Waals surface area contributed by atoms with Crippen LogP contribution in [0, 0.1) is 11.8 Å². The zero-order chi connectivity index (χ0) is 13.5. The summed E-state index contributed by atoms with van der Waals surface area (Å²) in [6, 6.07) is 0. The van der Waals surface area contributed by atoms with E-state index in [0.717, 1.165) is 31.9 Å². The minimum atomic E-state index is 0.617. The predicted octanol–water partition coefficient (Wildman–Crippen LogP) is 2.96. The topological polar surface area (TPSA) is 55.0 Å². The average molecular weight is 250 g/mol. The molecule has 4 heteroatoms. The molecule has 0 saturated heterocycles. The molecule has 2 N–H and O–H groups in total. The van der Waals surface area contributed by atoms with E-state index in [0.29, 0.717) is 17.5 Å². The normalized spacial score (nSPS) is 11.2. The number of hydrogen-bond acceptors (Lipinski definition) is 4. The quantitative estimate of drug-likeness (QED) is 0.808. The first-order chi connectivity index (χ1) is 8.49. The van der Waals surface area contributed by atoms with Gasteiger partial charge in [0.2, 0.25) is 5.95 Å². The maximum atomic E-state index is 5.63. The molecular formula is C14H26N4. The van der Waals surface area contributed by atoms with Crippen LogP contribution in [0.2, 0.25) is 0 Å². The van der Waals surface area contributed by atoms with Gasteiger partial charge in [0.05, 0.1) is 18.1 Å². The fourth-order valence-electron chi connectivity index (χ4n) is 1.63. The molecule has 1 rings (SSSR count). The molecule has 1 heterocycles. The van der Waals surface area contributed by atoms with Crippen LogP contribution >= 0.6 is 0 Å². The van der Waals surface area contributed by atoms with Gasteiger partial charge in [0, 0.05) is 13.1 Å². The van der Waals surface area contributed by atoms with Gasteiger partial charge >= 0.3 is 0 Å². The molecule has 0 unspecified atom stereocenters. The van der Waals surface area contributed by atoms with Crippen molar-refractivity contribution in [2.45, 2.75) is 40.5 Å². The van der Waals surface area contributed by atoms with Crippen LogP contribution in [0.25, 0.3) is 0 Å². The van der Waals surface area contributed by atoms with Crippen molar-refractivity contribution in [3.63, 3.8) is 0 Å². The highest BCUT2D eigenvalue weighted by Crippen LogP contribution is 2.13. The fourth-order valence-corrected chi connectivity index (χ4v) is 1.63. The summed E-state index contributed by atoms with van der Waals surface area (Å²) in [6.45, 7) is 11.0. The smallest absolute Gasteiger partial charge is 0.225 e. The molecule has 0 spiro atoms. The zero-order valence-corrected chi connectivity index (χ0v) is 12.1. The van der Waals surface area contributed by atoms with E-state index in [1.165, 1.54) is 0 Å². The molecule has 0 aliphatic rings. The Hall–Kier alpha value is -1.32. The molecule has 0 aliphatic heterocycles. The van der Waals surface area contributed by atoms with Crippen molar-refractivity contribution in [2.24, 2.45) is 11.8 Å². The standard InChI is InChI=1S/C14H26N4/c1-11(2)5-7-18(8-6-12(3)4)14-16-9-13(15)10-17-14/h9-12H,5-8,15H2,1-4H3. The molecular weight excluding hydrogens is 224 g/mol. The summed E-state index contributed by atoms with van der Waals surface area (Å²) < 4.78 is 0. The second-order valence-electron chi connectivity index (χ2n) is 5.67. The first-order valence-corrected chi connectivity index (χ1v) is 6.81. The van der Waals surface area contributed by atoms with Crippen molar-refractivity contribution in [3.05, 3.63) is 12.4 Å². The van der Waals surface area contributed by atoms with Gasteiger partial charge < -0.3 is 10.6 Å². The molecule has 0 bridgehead atoms. The van der Waals surface area contributed by atoms with Gasteiger partial charge in [-0.25, -0.2) is 9.97 Å². The van der Waals surface area contributed by atoms with Crippen molar-refractivity contribution >= 4 is 11.6 Å². The lowest BCUT2D eigenvalue weighted by molar-refractivity contribution is 0.530. The van der Waals surface area contributed by atoms with Gasteiger partial charge in [0.1, 0.15) is 0 Å². The number of hydrogen-bond donors (Lipinski definition) is 1. The Kier molecular flexibility index (Phi) is 5.89. The third kappa shape index (κ3) is 5.34. The van der Waals surface area contributed by atoms with Crippen LogP contribution in [-0.2, 0) is 0 Å². The van der Waals surface area contributed by atoms with Gasteiger partial charge in [-0.3, -0.25) is 0 Å². The SMILES string of the molecule is CC(C)CCN(CCC(C)C)c1ncc(N)cn1. The Morgan fingerprint density at radius 2 is 1.44 bits per heavy atom. The monoisotopic (exact) mass is 250 g/mol. The summed E-state index contributed by atoms with van der Waals surface area (Å²) in [5.41, 5.74) is 6.24. The van der Waals surface area contributed by atoms with Crippen molar-refractivity contribution in [1.29, 1.82) is 0 Å². The molecule has 1 aromatic rings. The number of aromatic nitrogens is 2. The van der Waals surface area contributed by atoms with E-state index in [2.05, 4.69) is 42.6 Å². The van der Waals surface area contributed by atoms with Crippen LogP contribution < -0.4 is 10.6 Å². The Bertz CT molecular complexity index is 320. The van der Waals surface area contributed by atoms with E-state index < -0.39 is 0 Å². The summed E-state index contributed by atoms with van der Waals surface area (Å²) in [4.78, 5) is 10.9. The fraction of sp³-hybridized carbons (Fsp3) is 0.714. The van der Waals surface area contributed by atoms with Crippen LogP contribution in [0.3, 0.4) is 0 Å². The van der Waals surface area contributed by atoms with Crippen LogP contribution in [-0.4, -0.2) is 23.1 Å². The van der Waals surface area contributed by atoms with E-state index >= 15 is 0 Å². The lowest BCUT2D eigenvalue weighted by Gasteiger charge is -2.24.